The SMILES string of the molecule is Cc1cccc(F)c1NC(=O)c1ccc(Cl)cc1. The van der Waals surface area contributed by atoms with E-state index in [1.165, 1.54) is 6.07 Å². The summed E-state index contributed by atoms with van der Waals surface area (Å²) >= 11 is 5.74. The highest BCUT2D eigenvalue weighted by molar-refractivity contribution is 6.30. The molecule has 0 aliphatic heterocycles. The minimum Gasteiger partial charge on any atom is -0.319 e. The van der Waals surface area contributed by atoms with Gasteiger partial charge in [0, 0.05) is 10.6 Å². The third-order valence-corrected chi connectivity index (χ3v) is 2.82. The summed E-state index contributed by atoms with van der Waals surface area (Å²) in [5.74, 6) is -0.808. The van der Waals surface area contributed by atoms with Crippen LogP contribution in [0, 0.1) is 12.7 Å². The van der Waals surface area contributed by atoms with Gasteiger partial charge in [-0.25, -0.2) is 4.39 Å². The Morgan fingerprint density at radius 2 is 1.83 bits per heavy atom. The monoisotopic (exact) mass is 263 g/mol. The van der Waals surface area contributed by atoms with Gasteiger partial charge >= 0.3 is 0 Å². The first-order chi connectivity index (χ1) is 8.58. The highest BCUT2D eigenvalue weighted by Crippen LogP contribution is 2.20. The van der Waals surface area contributed by atoms with E-state index in [0.29, 0.717) is 16.1 Å². The number of amides is 1. The molecular formula is C14H11ClFNO. The van der Waals surface area contributed by atoms with Crippen molar-refractivity contribution in [2.75, 3.05) is 5.32 Å². The van der Waals surface area contributed by atoms with Crippen molar-refractivity contribution < 1.29 is 9.18 Å². The number of nitrogens with one attached hydrogen (secondary N) is 1. The fraction of sp³-hybridized carbons (Fsp3) is 0.0714. The van der Waals surface area contributed by atoms with Crippen LogP contribution < -0.4 is 5.32 Å². The lowest BCUT2D eigenvalue weighted by Gasteiger charge is -2.09. The van der Waals surface area contributed by atoms with Gasteiger partial charge in [0.2, 0.25) is 0 Å². The maximum absolute atomic E-state index is 13.6. The lowest BCUT2D eigenvalue weighted by molar-refractivity contribution is 0.102. The molecule has 2 nitrogen and oxygen atoms in total. The predicted molar refractivity (Wildman–Crippen MR) is 70.5 cm³/mol. The van der Waals surface area contributed by atoms with E-state index in [0.717, 1.165) is 0 Å². The molecule has 2 aromatic rings. The van der Waals surface area contributed by atoms with Gasteiger partial charge < -0.3 is 5.32 Å². The van der Waals surface area contributed by atoms with E-state index in [1.54, 1.807) is 43.3 Å². The Hall–Kier alpha value is -1.87. The molecule has 0 aliphatic rings. The van der Waals surface area contributed by atoms with Gasteiger partial charge in [-0.05, 0) is 42.8 Å². The summed E-state index contributed by atoms with van der Waals surface area (Å²) in [6.45, 7) is 1.74. The number of para-hydroxylation sites is 1. The fourth-order valence-electron chi connectivity index (χ4n) is 1.58. The molecule has 0 fully saturated rings. The summed E-state index contributed by atoms with van der Waals surface area (Å²) in [5, 5.41) is 3.11. The molecule has 0 unspecified atom stereocenters. The standard InChI is InChI=1S/C14H11ClFNO/c1-9-3-2-4-12(16)13(9)17-14(18)10-5-7-11(15)8-6-10/h2-8H,1H3,(H,17,18). The Morgan fingerprint density at radius 3 is 2.44 bits per heavy atom. The Morgan fingerprint density at radius 1 is 1.17 bits per heavy atom. The number of halogens is 2. The largest absolute Gasteiger partial charge is 0.319 e. The summed E-state index contributed by atoms with van der Waals surface area (Å²) in [4.78, 5) is 11.9. The Bertz CT molecular complexity index is 561. The Kier molecular flexibility index (Phi) is 3.63. The van der Waals surface area contributed by atoms with Crippen LogP contribution in [0.5, 0.6) is 0 Å². The van der Waals surface area contributed by atoms with Crippen molar-refractivity contribution in [3.8, 4) is 0 Å². The van der Waals surface area contributed by atoms with Gasteiger partial charge in [-0.15, -0.1) is 0 Å². The molecular weight excluding hydrogens is 253 g/mol. The van der Waals surface area contributed by atoms with Crippen molar-refractivity contribution in [3.05, 3.63) is 64.4 Å². The number of aryl methyl sites for hydroxylation is 1. The van der Waals surface area contributed by atoms with Crippen LogP contribution in [0.2, 0.25) is 5.02 Å². The first-order valence-electron chi connectivity index (χ1n) is 5.40. The third kappa shape index (κ3) is 2.68. The molecule has 0 heterocycles. The summed E-state index contributed by atoms with van der Waals surface area (Å²) in [6.07, 6.45) is 0. The minimum absolute atomic E-state index is 0.206. The fourth-order valence-corrected chi connectivity index (χ4v) is 1.70. The summed E-state index contributed by atoms with van der Waals surface area (Å²) < 4.78 is 13.6. The summed E-state index contributed by atoms with van der Waals surface area (Å²) in [5.41, 5.74) is 1.32. The van der Waals surface area contributed by atoms with Gasteiger partial charge in [0.15, 0.2) is 0 Å². The highest BCUT2D eigenvalue weighted by atomic mass is 35.5. The third-order valence-electron chi connectivity index (χ3n) is 2.57. The smallest absolute Gasteiger partial charge is 0.255 e. The second kappa shape index (κ2) is 5.19. The molecule has 0 atom stereocenters. The van der Waals surface area contributed by atoms with Crippen LogP contribution in [-0.4, -0.2) is 5.91 Å². The van der Waals surface area contributed by atoms with Gasteiger partial charge in [0.25, 0.3) is 5.91 Å². The molecule has 0 spiro atoms. The number of carbonyl (C=O) groups excluding carboxylic acids is 1. The number of benzene rings is 2. The second-order valence-corrected chi connectivity index (χ2v) is 4.33. The maximum atomic E-state index is 13.6. The highest BCUT2D eigenvalue weighted by Gasteiger charge is 2.10. The lowest BCUT2D eigenvalue weighted by atomic mass is 10.1. The molecule has 0 radical (unpaired) electrons. The van der Waals surface area contributed by atoms with Gasteiger partial charge in [-0.1, -0.05) is 23.7 Å². The van der Waals surface area contributed by atoms with Crippen LogP contribution in [0.25, 0.3) is 0 Å². The number of carbonyl (C=O) groups is 1. The van der Waals surface area contributed by atoms with E-state index in [9.17, 15) is 9.18 Å². The minimum atomic E-state index is -0.447. The number of hydrogen-bond donors (Lipinski definition) is 1. The number of hydrogen-bond acceptors (Lipinski definition) is 1. The zero-order chi connectivity index (χ0) is 13.1. The van der Waals surface area contributed by atoms with E-state index in [-0.39, 0.29) is 11.6 Å². The predicted octanol–water partition coefficient (Wildman–Crippen LogP) is 4.04. The normalized spacial score (nSPS) is 10.2. The van der Waals surface area contributed by atoms with Crippen molar-refractivity contribution in [1.29, 1.82) is 0 Å². The topological polar surface area (TPSA) is 29.1 Å². The van der Waals surface area contributed by atoms with Crippen LogP contribution in [0.1, 0.15) is 15.9 Å². The van der Waals surface area contributed by atoms with Gasteiger partial charge in [0.1, 0.15) is 5.82 Å². The molecule has 2 aromatic carbocycles. The van der Waals surface area contributed by atoms with E-state index >= 15 is 0 Å². The van der Waals surface area contributed by atoms with E-state index in [2.05, 4.69) is 5.32 Å². The van der Waals surface area contributed by atoms with E-state index < -0.39 is 5.82 Å². The Balaban J connectivity index is 2.24. The van der Waals surface area contributed by atoms with E-state index in [1.807, 2.05) is 0 Å². The van der Waals surface area contributed by atoms with Gasteiger partial charge in [0.05, 0.1) is 5.69 Å². The molecule has 0 saturated carbocycles. The molecule has 0 aliphatic carbocycles. The zero-order valence-corrected chi connectivity index (χ0v) is 10.5. The first-order valence-corrected chi connectivity index (χ1v) is 5.78. The van der Waals surface area contributed by atoms with Crippen molar-refractivity contribution in [3.63, 3.8) is 0 Å². The quantitative estimate of drug-likeness (QED) is 0.870. The molecule has 92 valence electrons. The average Bonchev–Trinajstić information content (AvgIpc) is 2.34. The number of rotatable bonds is 2. The molecule has 1 amide bonds. The molecule has 0 saturated heterocycles. The summed E-state index contributed by atoms with van der Waals surface area (Å²) in [7, 11) is 0. The first kappa shape index (κ1) is 12.6. The van der Waals surface area contributed by atoms with Gasteiger partial charge in [-0.2, -0.15) is 0 Å². The van der Waals surface area contributed by atoms with Crippen LogP contribution in [0.4, 0.5) is 10.1 Å². The van der Waals surface area contributed by atoms with Crippen LogP contribution in [-0.2, 0) is 0 Å². The average molecular weight is 264 g/mol. The molecule has 18 heavy (non-hydrogen) atoms. The van der Waals surface area contributed by atoms with Crippen molar-refractivity contribution in [2.45, 2.75) is 6.92 Å². The maximum Gasteiger partial charge on any atom is 0.255 e. The molecule has 4 heteroatoms. The zero-order valence-electron chi connectivity index (χ0n) is 9.71. The molecule has 2 rings (SSSR count). The van der Waals surface area contributed by atoms with Crippen LogP contribution >= 0.6 is 11.6 Å². The van der Waals surface area contributed by atoms with Crippen molar-refractivity contribution in [2.24, 2.45) is 0 Å². The van der Waals surface area contributed by atoms with E-state index in [4.69, 9.17) is 11.6 Å². The van der Waals surface area contributed by atoms with Gasteiger partial charge in [-0.3, -0.25) is 4.79 Å². The molecule has 0 aromatic heterocycles. The lowest BCUT2D eigenvalue weighted by Crippen LogP contribution is -2.13. The second-order valence-electron chi connectivity index (χ2n) is 3.89. The van der Waals surface area contributed by atoms with Crippen LogP contribution in [0.15, 0.2) is 42.5 Å². The number of anilines is 1. The summed E-state index contributed by atoms with van der Waals surface area (Å²) in [6, 6.07) is 11.1. The van der Waals surface area contributed by atoms with Crippen molar-refractivity contribution in [1.82, 2.24) is 0 Å². The van der Waals surface area contributed by atoms with Crippen LogP contribution in [0.3, 0.4) is 0 Å². The molecule has 0 bridgehead atoms. The van der Waals surface area contributed by atoms with Crippen molar-refractivity contribution >= 4 is 23.2 Å². The Labute approximate surface area is 109 Å². The molecule has 1 N–H and O–H groups in total.